The van der Waals surface area contributed by atoms with Crippen LogP contribution in [0.2, 0.25) is 0 Å². The second kappa shape index (κ2) is 5.26. The third-order valence-corrected chi connectivity index (χ3v) is 0.489. The molecule has 2 atom stereocenters. The van der Waals surface area contributed by atoms with Crippen molar-refractivity contribution in [3.05, 3.63) is 0 Å². The van der Waals surface area contributed by atoms with Gasteiger partial charge in [0.1, 0.15) is 0 Å². The minimum absolute atomic E-state index is 0.541. The van der Waals surface area contributed by atoms with E-state index in [0.29, 0.717) is 0 Å². The molecule has 0 rings (SSSR count). The molecular weight excluding hydrogens is 167 g/mol. The summed E-state index contributed by atoms with van der Waals surface area (Å²) >= 11 is 10.6. The van der Waals surface area contributed by atoms with E-state index in [1.807, 2.05) is 0 Å². The molecule has 0 heterocycles. The number of hydrogen-bond donors (Lipinski definition) is 0. The summed E-state index contributed by atoms with van der Waals surface area (Å²) in [4.78, 5) is 8.62. The lowest BCUT2D eigenvalue weighted by molar-refractivity contribution is -0.521. The lowest BCUT2D eigenvalue weighted by Gasteiger charge is -2.04. The van der Waals surface area contributed by atoms with E-state index in [0.717, 1.165) is 0 Å². The molecule has 0 fully saturated rings. The molecule has 0 N–H and O–H groups in total. The first-order valence-electron chi connectivity index (χ1n) is 2.40. The highest BCUT2D eigenvalue weighted by atomic mass is 35.5. The van der Waals surface area contributed by atoms with Crippen LogP contribution in [0, 0.1) is 0 Å². The van der Waals surface area contributed by atoms with Crippen LogP contribution >= 0.6 is 23.2 Å². The minimum atomic E-state index is -0.541. The van der Waals surface area contributed by atoms with Gasteiger partial charge in [-0.15, -0.1) is 0 Å². The molecule has 0 saturated carbocycles. The van der Waals surface area contributed by atoms with Crippen LogP contribution in [0.25, 0.3) is 0 Å². The molecule has 56 valence electrons. The van der Waals surface area contributed by atoms with Crippen molar-refractivity contribution in [3.8, 4) is 0 Å². The van der Waals surface area contributed by atoms with Gasteiger partial charge in [0, 0.05) is 0 Å². The summed E-state index contributed by atoms with van der Waals surface area (Å²) < 4.78 is 0. The van der Waals surface area contributed by atoms with E-state index in [-0.39, 0.29) is 0 Å². The maximum atomic E-state index is 5.29. The monoisotopic (exact) mass is 174 g/mol. The predicted molar refractivity (Wildman–Crippen MR) is 33.9 cm³/mol. The van der Waals surface area contributed by atoms with Gasteiger partial charge in [0.25, 0.3) is 0 Å². The molecule has 0 aliphatic heterocycles. The average molecular weight is 175 g/mol. The zero-order valence-electron chi connectivity index (χ0n) is 5.14. The fourth-order valence-electron chi connectivity index (χ4n) is 0.131. The summed E-state index contributed by atoms with van der Waals surface area (Å²) in [6.45, 7) is 3.17. The fourth-order valence-corrected chi connectivity index (χ4v) is 0.190. The van der Waals surface area contributed by atoms with Crippen LogP contribution < -0.4 is 0 Å². The van der Waals surface area contributed by atoms with Crippen molar-refractivity contribution in [1.29, 1.82) is 0 Å². The summed E-state index contributed by atoms with van der Waals surface area (Å²) in [5.74, 6) is 0. The van der Waals surface area contributed by atoms with E-state index >= 15 is 0 Å². The van der Waals surface area contributed by atoms with Crippen LogP contribution in [0.5, 0.6) is 0 Å². The molecule has 0 saturated heterocycles. The number of alkyl halides is 2. The quantitative estimate of drug-likeness (QED) is 0.371. The minimum Gasteiger partial charge on any atom is -0.187 e. The van der Waals surface area contributed by atoms with Gasteiger partial charge < -0.3 is 0 Å². The maximum absolute atomic E-state index is 5.29. The van der Waals surface area contributed by atoms with Gasteiger partial charge in [0.05, 0.1) is 0 Å². The molecule has 3 nitrogen and oxygen atoms in total. The van der Waals surface area contributed by atoms with Gasteiger partial charge in [-0.05, 0) is 13.8 Å². The van der Waals surface area contributed by atoms with Crippen molar-refractivity contribution in [2.45, 2.75) is 25.0 Å². The van der Waals surface area contributed by atoms with Crippen molar-refractivity contribution in [2.75, 3.05) is 0 Å². The number of halogens is 2. The van der Waals surface area contributed by atoms with Gasteiger partial charge in [0.2, 0.25) is 0 Å². The summed E-state index contributed by atoms with van der Waals surface area (Å²) in [7, 11) is 0. The van der Waals surface area contributed by atoms with Crippen molar-refractivity contribution in [3.63, 3.8) is 0 Å². The Kier molecular flexibility index (Phi) is 5.53. The Bertz CT molecular complexity index is 58.8. The molecule has 2 unspecified atom stereocenters. The molecule has 0 aliphatic rings. The Labute approximate surface area is 63.6 Å². The SMILES string of the molecule is CC(Cl)OOOC(C)Cl. The largest absolute Gasteiger partial charge is 0.187 e. The smallest absolute Gasteiger partial charge is 0.166 e. The second-order valence-corrected chi connectivity index (χ2v) is 2.58. The molecule has 5 heteroatoms. The van der Waals surface area contributed by atoms with E-state index in [2.05, 4.69) is 14.8 Å². The summed E-state index contributed by atoms with van der Waals surface area (Å²) in [6.07, 6.45) is 0. The van der Waals surface area contributed by atoms with Gasteiger partial charge in [-0.2, -0.15) is 9.78 Å². The van der Waals surface area contributed by atoms with Crippen LogP contribution in [0.4, 0.5) is 0 Å². The van der Waals surface area contributed by atoms with Crippen LogP contribution in [0.3, 0.4) is 0 Å². The van der Waals surface area contributed by atoms with Gasteiger partial charge in [0.15, 0.2) is 11.1 Å². The third-order valence-electron chi connectivity index (χ3n) is 0.344. The highest BCUT2D eigenvalue weighted by Gasteiger charge is 1.99. The Morgan fingerprint density at radius 3 is 1.56 bits per heavy atom. The maximum Gasteiger partial charge on any atom is 0.166 e. The van der Waals surface area contributed by atoms with E-state index in [1.165, 1.54) is 0 Å². The third kappa shape index (κ3) is 8.46. The Morgan fingerprint density at radius 1 is 1.00 bits per heavy atom. The van der Waals surface area contributed by atoms with Gasteiger partial charge in [-0.3, -0.25) is 0 Å². The first-order valence-corrected chi connectivity index (χ1v) is 3.27. The highest BCUT2D eigenvalue weighted by molar-refractivity contribution is 6.19. The molecule has 9 heavy (non-hydrogen) atoms. The van der Waals surface area contributed by atoms with Crippen LogP contribution in [-0.4, -0.2) is 11.1 Å². The van der Waals surface area contributed by atoms with E-state index in [9.17, 15) is 0 Å². The van der Waals surface area contributed by atoms with Crippen molar-refractivity contribution in [1.82, 2.24) is 0 Å². The topological polar surface area (TPSA) is 27.7 Å². The standard InChI is InChI=1S/C4H8Cl2O3/c1-3(5)7-9-8-4(2)6/h3-4H,1-2H3. The molecule has 0 aromatic carbocycles. The Hall–Kier alpha value is 0.460. The van der Waals surface area contributed by atoms with Crippen LogP contribution in [0.15, 0.2) is 0 Å². The molecule has 0 spiro atoms. The van der Waals surface area contributed by atoms with Gasteiger partial charge in [-0.1, -0.05) is 28.2 Å². The fraction of sp³-hybridized carbons (Fsp3) is 1.00. The molecule has 0 aromatic heterocycles. The molecule has 0 bridgehead atoms. The normalized spacial score (nSPS) is 17.3. The van der Waals surface area contributed by atoms with Gasteiger partial charge in [-0.25, -0.2) is 0 Å². The molecule has 0 radical (unpaired) electrons. The van der Waals surface area contributed by atoms with E-state index in [1.54, 1.807) is 13.8 Å². The Balaban J connectivity index is 2.91. The molecule has 0 amide bonds. The van der Waals surface area contributed by atoms with Crippen LogP contribution in [-0.2, 0) is 14.8 Å². The first kappa shape index (κ1) is 9.46. The van der Waals surface area contributed by atoms with Crippen LogP contribution in [0.1, 0.15) is 13.8 Å². The zero-order chi connectivity index (χ0) is 7.28. The summed E-state index contributed by atoms with van der Waals surface area (Å²) in [5, 5.41) is 4.09. The molecule has 0 aliphatic carbocycles. The summed E-state index contributed by atoms with van der Waals surface area (Å²) in [5.41, 5.74) is -1.08. The number of hydrogen-bond acceptors (Lipinski definition) is 3. The van der Waals surface area contributed by atoms with Crippen molar-refractivity contribution in [2.24, 2.45) is 0 Å². The van der Waals surface area contributed by atoms with E-state index < -0.39 is 11.1 Å². The second-order valence-electron chi connectivity index (χ2n) is 1.35. The summed E-state index contributed by atoms with van der Waals surface area (Å²) in [6, 6.07) is 0. The molecular formula is C4H8Cl2O3. The Morgan fingerprint density at radius 2 is 1.33 bits per heavy atom. The highest BCUT2D eigenvalue weighted by Crippen LogP contribution is 2.01. The average Bonchev–Trinajstić information content (AvgIpc) is 1.63. The predicted octanol–water partition coefficient (Wildman–Crippen LogP) is 2.04. The first-order chi connectivity index (χ1) is 4.13. The van der Waals surface area contributed by atoms with E-state index in [4.69, 9.17) is 23.2 Å². The molecule has 0 aromatic rings. The lowest BCUT2D eigenvalue weighted by Crippen LogP contribution is -2.05. The number of rotatable bonds is 4. The van der Waals surface area contributed by atoms with Gasteiger partial charge >= 0.3 is 0 Å². The lowest BCUT2D eigenvalue weighted by atomic mass is 10.9. The van der Waals surface area contributed by atoms with Crippen molar-refractivity contribution < 1.29 is 14.8 Å². The zero-order valence-corrected chi connectivity index (χ0v) is 6.65. The van der Waals surface area contributed by atoms with Crippen molar-refractivity contribution >= 4 is 23.2 Å².